The van der Waals surface area contributed by atoms with Crippen LogP contribution in [0.3, 0.4) is 0 Å². The number of amides is 1. The number of anilines is 1. The van der Waals surface area contributed by atoms with Gasteiger partial charge >= 0.3 is 0 Å². The van der Waals surface area contributed by atoms with Gasteiger partial charge in [-0.25, -0.2) is 0 Å². The average Bonchev–Trinajstić information content (AvgIpc) is 2.77. The van der Waals surface area contributed by atoms with E-state index in [0.29, 0.717) is 29.4 Å². The Morgan fingerprint density at radius 2 is 1.71 bits per heavy atom. The number of benzene rings is 3. The van der Waals surface area contributed by atoms with Crippen molar-refractivity contribution in [2.75, 3.05) is 12.1 Å². The van der Waals surface area contributed by atoms with Gasteiger partial charge in [0, 0.05) is 0 Å². The van der Waals surface area contributed by atoms with Gasteiger partial charge in [0.2, 0.25) is 6.10 Å². The molecular formula is C25H25NO5. The summed E-state index contributed by atoms with van der Waals surface area (Å²) >= 11 is 0. The van der Waals surface area contributed by atoms with Crippen LogP contribution in [0.25, 0.3) is 0 Å². The highest BCUT2D eigenvalue weighted by Crippen LogP contribution is 2.35. The summed E-state index contributed by atoms with van der Waals surface area (Å²) in [5.41, 5.74) is 3.95. The van der Waals surface area contributed by atoms with E-state index in [1.807, 2.05) is 56.3 Å². The maximum Gasteiger partial charge on any atom is 0.268 e. The maximum atomic E-state index is 12.5. The van der Waals surface area contributed by atoms with Crippen LogP contribution >= 0.6 is 0 Å². The van der Waals surface area contributed by atoms with Gasteiger partial charge in [0.05, 0.1) is 12.3 Å². The molecule has 3 aromatic rings. The topological polar surface area (TPSA) is 77.0 Å². The van der Waals surface area contributed by atoms with Crippen LogP contribution in [0.1, 0.15) is 28.4 Å². The minimum atomic E-state index is -1.12. The molecule has 6 heteroatoms. The second kappa shape index (κ2) is 9.20. The summed E-state index contributed by atoms with van der Waals surface area (Å²) in [6, 6.07) is 20.6. The molecule has 0 spiro atoms. The van der Waals surface area contributed by atoms with Crippen LogP contribution in [0.4, 0.5) is 5.69 Å². The molecule has 31 heavy (non-hydrogen) atoms. The van der Waals surface area contributed by atoms with Crippen molar-refractivity contribution < 1.29 is 24.1 Å². The van der Waals surface area contributed by atoms with E-state index in [2.05, 4.69) is 5.32 Å². The zero-order valence-electron chi connectivity index (χ0n) is 17.5. The molecule has 0 aliphatic carbocycles. The molecule has 1 aliphatic rings. The van der Waals surface area contributed by atoms with Gasteiger partial charge in [-0.15, -0.1) is 0 Å². The van der Waals surface area contributed by atoms with E-state index in [1.54, 1.807) is 24.3 Å². The van der Waals surface area contributed by atoms with Gasteiger partial charge in [-0.05, 0) is 60.4 Å². The van der Waals surface area contributed by atoms with Crippen LogP contribution in [0.15, 0.2) is 66.7 Å². The number of hydrogen-bond acceptors (Lipinski definition) is 5. The van der Waals surface area contributed by atoms with E-state index in [0.717, 1.165) is 16.7 Å². The first-order chi connectivity index (χ1) is 15.0. The van der Waals surface area contributed by atoms with Crippen LogP contribution in [0.5, 0.6) is 11.5 Å². The van der Waals surface area contributed by atoms with E-state index in [-0.39, 0.29) is 12.7 Å². The quantitative estimate of drug-likeness (QED) is 0.441. The fraction of sp³-hybridized carbons (Fsp3) is 0.240. The largest absolute Gasteiger partial charge is 0.475 e. The number of aliphatic hydroxyl groups excluding tert-OH is 1. The van der Waals surface area contributed by atoms with E-state index in [4.69, 9.17) is 14.2 Å². The van der Waals surface area contributed by atoms with E-state index in [1.165, 1.54) is 0 Å². The Morgan fingerprint density at radius 1 is 1.03 bits per heavy atom. The van der Waals surface area contributed by atoms with E-state index in [9.17, 15) is 9.90 Å². The minimum Gasteiger partial charge on any atom is -0.475 e. The number of ether oxygens (including phenoxy) is 3. The number of carbonyl (C=O) groups is 1. The van der Waals surface area contributed by atoms with Crippen LogP contribution < -0.4 is 14.8 Å². The number of hydrogen-bond donors (Lipinski definition) is 2. The van der Waals surface area contributed by atoms with Gasteiger partial charge in [0.1, 0.15) is 17.6 Å². The number of aryl methyl sites for hydroxylation is 2. The molecule has 1 amide bonds. The first-order valence-corrected chi connectivity index (χ1v) is 10.1. The Bertz CT molecular complexity index is 1040. The molecule has 4 rings (SSSR count). The highest BCUT2D eigenvalue weighted by atomic mass is 16.7. The SMILES string of the molecule is Cc1cc(C(O)C2Oc3ccccc3NC2=O)cc(C)c1OCOCc1ccccc1. The molecule has 0 saturated heterocycles. The lowest BCUT2D eigenvalue weighted by atomic mass is 9.97. The van der Waals surface area contributed by atoms with Crippen molar-refractivity contribution in [1.82, 2.24) is 0 Å². The number of para-hydroxylation sites is 2. The Morgan fingerprint density at radius 3 is 2.45 bits per heavy atom. The maximum absolute atomic E-state index is 12.5. The minimum absolute atomic E-state index is 0.114. The molecule has 160 valence electrons. The molecule has 6 nitrogen and oxygen atoms in total. The molecule has 0 aromatic heterocycles. The summed E-state index contributed by atoms with van der Waals surface area (Å²) in [5, 5.41) is 13.7. The van der Waals surface area contributed by atoms with E-state index < -0.39 is 12.2 Å². The third kappa shape index (κ3) is 4.71. The van der Waals surface area contributed by atoms with E-state index >= 15 is 0 Å². The van der Waals surface area contributed by atoms with Crippen LogP contribution in [-0.2, 0) is 16.1 Å². The van der Waals surface area contributed by atoms with Crippen molar-refractivity contribution >= 4 is 11.6 Å². The van der Waals surface area contributed by atoms with Crippen LogP contribution in [0.2, 0.25) is 0 Å². The predicted octanol–water partition coefficient (Wildman–Crippen LogP) is 4.29. The number of fused-ring (bicyclic) bond motifs is 1. The molecule has 1 aliphatic heterocycles. The van der Waals surface area contributed by atoms with Crippen molar-refractivity contribution in [3.8, 4) is 11.5 Å². The smallest absolute Gasteiger partial charge is 0.268 e. The molecule has 1 heterocycles. The highest BCUT2D eigenvalue weighted by Gasteiger charge is 2.35. The normalized spacial score (nSPS) is 16.1. The van der Waals surface area contributed by atoms with Crippen molar-refractivity contribution in [2.24, 2.45) is 0 Å². The number of rotatable bonds is 7. The highest BCUT2D eigenvalue weighted by molar-refractivity contribution is 5.98. The van der Waals surface area contributed by atoms with Crippen LogP contribution in [0, 0.1) is 13.8 Å². The molecule has 2 atom stereocenters. The molecule has 3 aromatic carbocycles. The lowest BCUT2D eigenvalue weighted by Crippen LogP contribution is -2.41. The lowest BCUT2D eigenvalue weighted by molar-refractivity contribution is -0.128. The Labute approximate surface area is 181 Å². The third-order valence-electron chi connectivity index (χ3n) is 5.17. The molecule has 0 bridgehead atoms. The van der Waals surface area contributed by atoms with Gasteiger partial charge < -0.3 is 24.6 Å². The van der Waals surface area contributed by atoms with Crippen molar-refractivity contribution in [3.05, 3.63) is 89.0 Å². The molecule has 0 saturated carbocycles. The first kappa shape index (κ1) is 20.9. The first-order valence-electron chi connectivity index (χ1n) is 10.1. The molecule has 0 radical (unpaired) electrons. The Hall–Kier alpha value is -3.35. The van der Waals surface area contributed by atoms with Crippen molar-refractivity contribution in [3.63, 3.8) is 0 Å². The number of aliphatic hydroxyl groups is 1. The molecule has 2 unspecified atom stereocenters. The van der Waals surface area contributed by atoms with Gasteiger partial charge in [0.15, 0.2) is 6.79 Å². The predicted molar refractivity (Wildman–Crippen MR) is 117 cm³/mol. The number of carbonyl (C=O) groups excluding carboxylic acids is 1. The fourth-order valence-corrected chi connectivity index (χ4v) is 3.67. The lowest BCUT2D eigenvalue weighted by Gasteiger charge is -2.29. The molecule has 2 N–H and O–H groups in total. The Kier molecular flexibility index (Phi) is 6.21. The average molecular weight is 419 g/mol. The summed E-state index contributed by atoms with van der Waals surface area (Å²) in [4.78, 5) is 12.5. The van der Waals surface area contributed by atoms with Gasteiger partial charge in [0.25, 0.3) is 5.91 Å². The summed E-state index contributed by atoms with van der Waals surface area (Å²) in [7, 11) is 0. The zero-order chi connectivity index (χ0) is 21.8. The summed E-state index contributed by atoms with van der Waals surface area (Å²) in [5.74, 6) is 0.856. The van der Waals surface area contributed by atoms with Crippen molar-refractivity contribution in [2.45, 2.75) is 32.7 Å². The second-order valence-corrected chi connectivity index (χ2v) is 7.55. The summed E-state index contributed by atoms with van der Waals surface area (Å²) < 4.78 is 17.2. The van der Waals surface area contributed by atoms with Crippen LogP contribution in [-0.4, -0.2) is 23.9 Å². The molecule has 0 fully saturated rings. The third-order valence-corrected chi connectivity index (χ3v) is 5.17. The fourth-order valence-electron chi connectivity index (χ4n) is 3.67. The monoisotopic (exact) mass is 419 g/mol. The number of nitrogens with one attached hydrogen (secondary N) is 1. The standard InChI is InChI=1S/C25H25NO5/c1-16-12-19(22(27)24-25(28)26-20-10-6-7-11-21(20)31-24)13-17(2)23(16)30-15-29-14-18-8-4-3-5-9-18/h3-13,22,24,27H,14-15H2,1-2H3,(H,26,28). The van der Waals surface area contributed by atoms with Gasteiger partial charge in [-0.2, -0.15) is 0 Å². The van der Waals surface area contributed by atoms with Gasteiger partial charge in [-0.1, -0.05) is 42.5 Å². The molecular weight excluding hydrogens is 394 g/mol. The van der Waals surface area contributed by atoms with Crippen molar-refractivity contribution in [1.29, 1.82) is 0 Å². The Balaban J connectivity index is 1.42. The van der Waals surface area contributed by atoms with Gasteiger partial charge in [-0.3, -0.25) is 4.79 Å². The summed E-state index contributed by atoms with van der Waals surface area (Å²) in [6.07, 6.45) is -2.15. The summed E-state index contributed by atoms with van der Waals surface area (Å²) in [6.45, 7) is 4.37. The zero-order valence-corrected chi connectivity index (χ0v) is 17.5. The second-order valence-electron chi connectivity index (χ2n) is 7.55.